The van der Waals surface area contributed by atoms with Crippen molar-refractivity contribution in [1.82, 2.24) is 15.0 Å². The van der Waals surface area contributed by atoms with Crippen LogP contribution in [0.25, 0.3) is 11.3 Å². The minimum absolute atomic E-state index is 0.217. The minimum Gasteiger partial charge on any atom is -0.462 e. The molecule has 2 aromatic rings. The molecular weight excluding hydrogens is 308 g/mol. The lowest BCUT2D eigenvalue weighted by Crippen LogP contribution is -2.36. The van der Waals surface area contributed by atoms with Crippen molar-refractivity contribution in [2.45, 2.75) is 25.9 Å². The van der Waals surface area contributed by atoms with E-state index in [1.807, 2.05) is 0 Å². The van der Waals surface area contributed by atoms with Crippen LogP contribution in [0.4, 0.5) is 5.82 Å². The average molecular weight is 328 g/mol. The van der Waals surface area contributed by atoms with E-state index >= 15 is 0 Å². The number of hydrogen-bond acceptors (Lipinski definition) is 7. The van der Waals surface area contributed by atoms with Crippen LogP contribution >= 0.6 is 0 Å². The molecule has 1 aliphatic heterocycles. The molecule has 1 fully saturated rings. The number of pyridine rings is 1. The number of esters is 1. The molecule has 126 valence electrons. The normalized spacial score (nSPS) is 15.3. The zero-order valence-electron chi connectivity index (χ0n) is 13.6. The zero-order valence-corrected chi connectivity index (χ0v) is 13.6. The van der Waals surface area contributed by atoms with Crippen LogP contribution in [0.2, 0.25) is 0 Å². The molecule has 0 bridgehead atoms. The molecule has 1 saturated heterocycles. The summed E-state index contributed by atoms with van der Waals surface area (Å²) in [6, 6.07) is 1.70. The van der Waals surface area contributed by atoms with E-state index in [1.54, 1.807) is 31.6 Å². The predicted molar refractivity (Wildman–Crippen MR) is 88.7 cm³/mol. The van der Waals surface area contributed by atoms with Crippen molar-refractivity contribution in [2.75, 3.05) is 24.6 Å². The minimum atomic E-state index is -0.400. The molecule has 0 aromatic carbocycles. The van der Waals surface area contributed by atoms with Crippen molar-refractivity contribution in [3.63, 3.8) is 0 Å². The highest BCUT2D eigenvalue weighted by atomic mass is 16.5. The molecule has 1 aliphatic rings. The fraction of sp³-hybridized carbons (Fsp3) is 0.412. The third-order valence-corrected chi connectivity index (χ3v) is 3.97. The van der Waals surface area contributed by atoms with Crippen LogP contribution in [0.3, 0.4) is 0 Å². The third kappa shape index (κ3) is 3.68. The Morgan fingerprint density at radius 3 is 2.71 bits per heavy atom. The molecule has 3 rings (SSSR count). The summed E-state index contributed by atoms with van der Waals surface area (Å²) in [5.74, 6) is 0.392. The summed E-state index contributed by atoms with van der Waals surface area (Å²) in [5, 5.41) is 9.57. The van der Waals surface area contributed by atoms with E-state index in [2.05, 4.69) is 19.9 Å². The number of piperidine rings is 1. The number of carbonyl (C=O) groups excluding carboxylic acids is 1. The summed E-state index contributed by atoms with van der Waals surface area (Å²) in [5.41, 5.74) is 1.76. The monoisotopic (exact) mass is 328 g/mol. The molecule has 0 spiro atoms. The van der Waals surface area contributed by atoms with E-state index in [0.717, 1.165) is 31.7 Å². The Labute approximate surface area is 140 Å². The van der Waals surface area contributed by atoms with Gasteiger partial charge in [-0.1, -0.05) is 0 Å². The van der Waals surface area contributed by atoms with Gasteiger partial charge in [0.05, 0.1) is 36.4 Å². The average Bonchev–Trinajstić information content (AvgIpc) is 2.63. The smallest absolute Gasteiger partial charge is 0.339 e. The standard InChI is InChI=1S/C17H20N4O3/c1-2-24-17(23)13-7-12(8-18-9-13)15-10-20-16(11-19-15)21-5-3-14(22)4-6-21/h7-11,14,22H,2-6H2,1H3. The Morgan fingerprint density at radius 1 is 1.25 bits per heavy atom. The van der Waals surface area contributed by atoms with Gasteiger partial charge in [-0.05, 0) is 25.8 Å². The van der Waals surface area contributed by atoms with Crippen molar-refractivity contribution in [3.05, 3.63) is 36.4 Å². The molecule has 0 radical (unpaired) electrons. The second-order valence-corrected chi connectivity index (χ2v) is 5.66. The van der Waals surface area contributed by atoms with E-state index in [4.69, 9.17) is 4.74 Å². The lowest BCUT2D eigenvalue weighted by atomic mass is 10.1. The molecule has 0 amide bonds. The molecule has 24 heavy (non-hydrogen) atoms. The van der Waals surface area contributed by atoms with Crippen LogP contribution in [0, 0.1) is 0 Å². The van der Waals surface area contributed by atoms with Crippen LogP contribution in [-0.4, -0.2) is 51.8 Å². The summed E-state index contributed by atoms with van der Waals surface area (Å²) in [6.07, 6.45) is 7.77. The summed E-state index contributed by atoms with van der Waals surface area (Å²) >= 11 is 0. The van der Waals surface area contributed by atoms with Gasteiger partial charge in [-0.15, -0.1) is 0 Å². The maximum atomic E-state index is 11.8. The molecule has 7 heteroatoms. The van der Waals surface area contributed by atoms with Crippen LogP contribution in [0.1, 0.15) is 30.1 Å². The lowest BCUT2D eigenvalue weighted by Gasteiger charge is -2.30. The van der Waals surface area contributed by atoms with Crippen molar-refractivity contribution >= 4 is 11.8 Å². The first-order valence-corrected chi connectivity index (χ1v) is 8.05. The molecule has 0 unspecified atom stereocenters. The largest absolute Gasteiger partial charge is 0.462 e. The molecule has 3 heterocycles. The van der Waals surface area contributed by atoms with Gasteiger partial charge in [0, 0.05) is 31.0 Å². The number of aliphatic hydroxyl groups excluding tert-OH is 1. The Hall–Kier alpha value is -2.54. The van der Waals surface area contributed by atoms with Gasteiger partial charge in [0.25, 0.3) is 0 Å². The van der Waals surface area contributed by atoms with Crippen LogP contribution in [-0.2, 0) is 4.74 Å². The summed E-state index contributed by atoms with van der Waals surface area (Å²) in [7, 11) is 0. The highest BCUT2D eigenvalue weighted by Crippen LogP contribution is 2.21. The molecule has 0 aliphatic carbocycles. The molecule has 7 nitrogen and oxygen atoms in total. The van der Waals surface area contributed by atoms with Crippen molar-refractivity contribution in [3.8, 4) is 11.3 Å². The number of aliphatic hydroxyl groups is 1. The fourth-order valence-corrected chi connectivity index (χ4v) is 2.63. The quantitative estimate of drug-likeness (QED) is 0.854. The highest BCUT2D eigenvalue weighted by Gasteiger charge is 2.18. The second-order valence-electron chi connectivity index (χ2n) is 5.66. The fourth-order valence-electron chi connectivity index (χ4n) is 2.63. The molecule has 1 N–H and O–H groups in total. The van der Waals surface area contributed by atoms with Gasteiger partial charge in [0.1, 0.15) is 5.82 Å². The summed E-state index contributed by atoms with van der Waals surface area (Å²) < 4.78 is 4.98. The van der Waals surface area contributed by atoms with Gasteiger partial charge in [0.15, 0.2) is 0 Å². The molecule has 0 atom stereocenters. The van der Waals surface area contributed by atoms with E-state index in [-0.39, 0.29) is 6.10 Å². The van der Waals surface area contributed by atoms with Gasteiger partial charge in [-0.2, -0.15) is 0 Å². The van der Waals surface area contributed by atoms with Crippen molar-refractivity contribution < 1.29 is 14.6 Å². The van der Waals surface area contributed by atoms with Crippen molar-refractivity contribution in [1.29, 1.82) is 0 Å². The van der Waals surface area contributed by atoms with Crippen LogP contribution in [0.5, 0.6) is 0 Å². The Kier molecular flexibility index (Phi) is 5.00. The Bertz CT molecular complexity index is 697. The van der Waals surface area contributed by atoms with Gasteiger partial charge in [0.2, 0.25) is 0 Å². The number of anilines is 1. The first-order chi connectivity index (χ1) is 11.7. The molecular formula is C17H20N4O3. The summed E-state index contributed by atoms with van der Waals surface area (Å²) in [4.78, 5) is 26.9. The SMILES string of the molecule is CCOC(=O)c1cncc(-c2cnc(N3CCC(O)CC3)cn2)c1. The van der Waals surface area contributed by atoms with Gasteiger partial charge < -0.3 is 14.7 Å². The maximum absolute atomic E-state index is 11.8. The van der Waals surface area contributed by atoms with Gasteiger partial charge in [-0.3, -0.25) is 9.97 Å². The topological polar surface area (TPSA) is 88.4 Å². The maximum Gasteiger partial charge on any atom is 0.339 e. The van der Waals surface area contributed by atoms with E-state index in [0.29, 0.717) is 23.4 Å². The van der Waals surface area contributed by atoms with Crippen LogP contribution in [0.15, 0.2) is 30.9 Å². The predicted octanol–water partition coefficient (Wildman–Crippen LogP) is 1.68. The lowest BCUT2D eigenvalue weighted by molar-refractivity contribution is 0.0526. The highest BCUT2D eigenvalue weighted by molar-refractivity contribution is 5.90. The van der Waals surface area contributed by atoms with E-state index < -0.39 is 5.97 Å². The van der Waals surface area contributed by atoms with E-state index in [1.165, 1.54) is 6.20 Å². The molecule has 0 saturated carbocycles. The van der Waals surface area contributed by atoms with Crippen LogP contribution < -0.4 is 4.90 Å². The second kappa shape index (κ2) is 7.35. The van der Waals surface area contributed by atoms with Crippen molar-refractivity contribution in [2.24, 2.45) is 0 Å². The van der Waals surface area contributed by atoms with E-state index in [9.17, 15) is 9.90 Å². The number of nitrogens with zero attached hydrogens (tertiary/aromatic N) is 4. The number of hydrogen-bond donors (Lipinski definition) is 1. The third-order valence-electron chi connectivity index (χ3n) is 3.97. The first kappa shape index (κ1) is 16.3. The number of ether oxygens (including phenoxy) is 1. The Balaban J connectivity index is 1.76. The Morgan fingerprint density at radius 2 is 2.04 bits per heavy atom. The number of aromatic nitrogens is 3. The molecule has 2 aromatic heterocycles. The number of carbonyl (C=O) groups is 1. The zero-order chi connectivity index (χ0) is 16.9. The van der Waals surface area contributed by atoms with Gasteiger partial charge in [-0.25, -0.2) is 9.78 Å². The van der Waals surface area contributed by atoms with Gasteiger partial charge >= 0.3 is 5.97 Å². The first-order valence-electron chi connectivity index (χ1n) is 8.05. The number of rotatable bonds is 4. The summed E-state index contributed by atoms with van der Waals surface area (Å²) in [6.45, 7) is 3.63.